The fraction of sp³-hybridized carbons (Fsp3) is 0.429. The SMILES string of the molecule is Cl.NCC(=O)N1CCN(C(=O)c2ccccc2OC(F)F)CC1. The standard InChI is InChI=1S/C14H17F2N3O3.ClH/c15-14(16)22-11-4-2-1-3-10(11)13(21)19-7-5-18(6-8-19)12(20)9-17;/h1-4,14H,5-9,17H2;1H. The van der Waals surface area contributed by atoms with Gasteiger partial charge in [0, 0.05) is 26.2 Å². The van der Waals surface area contributed by atoms with Crippen molar-refractivity contribution >= 4 is 24.2 Å². The molecule has 2 rings (SSSR count). The number of alkyl halides is 2. The summed E-state index contributed by atoms with van der Waals surface area (Å²) in [4.78, 5) is 27.0. The number of benzene rings is 1. The molecule has 9 heteroatoms. The number of rotatable bonds is 4. The third-order valence-corrected chi connectivity index (χ3v) is 3.43. The third kappa shape index (κ3) is 4.77. The molecule has 0 saturated carbocycles. The Morgan fingerprint density at radius 3 is 2.26 bits per heavy atom. The van der Waals surface area contributed by atoms with Crippen LogP contribution in [-0.2, 0) is 4.79 Å². The summed E-state index contributed by atoms with van der Waals surface area (Å²) in [5.41, 5.74) is 5.38. The summed E-state index contributed by atoms with van der Waals surface area (Å²) in [7, 11) is 0. The van der Waals surface area contributed by atoms with Crippen molar-refractivity contribution in [1.29, 1.82) is 0 Å². The smallest absolute Gasteiger partial charge is 0.387 e. The molecule has 0 spiro atoms. The van der Waals surface area contributed by atoms with Gasteiger partial charge in [0.25, 0.3) is 5.91 Å². The minimum atomic E-state index is -2.99. The summed E-state index contributed by atoms with van der Waals surface area (Å²) in [6, 6.07) is 5.87. The summed E-state index contributed by atoms with van der Waals surface area (Å²) >= 11 is 0. The number of hydrogen-bond donors (Lipinski definition) is 1. The number of piperazine rings is 1. The summed E-state index contributed by atoms with van der Waals surface area (Å²) < 4.78 is 29.1. The maximum atomic E-state index is 12.4. The fourth-order valence-electron chi connectivity index (χ4n) is 2.30. The van der Waals surface area contributed by atoms with E-state index < -0.39 is 12.5 Å². The Morgan fingerprint density at radius 2 is 1.70 bits per heavy atom. The van der Waals surface area contributed by atoms with Crippen LogP contribution in [0.1, 0.15) is 10.4 Å². The summed E-state index contributed by atoms with van der Waals surface area (Å²) in [5.74, 6) is -0.715. The first-order valence-corrected chi connectivity index (χ1v) is 6.84. The van der Waals surface area contributed by atoms with Crippen LogP contribution in [0.25, 0.3) is 0 Å². The topological polar surface area (TPSA) is 75.9 Å². The van der Waals surface area contributed by atoms with E-state index in [0.717, 1.165) is 0 Å². The van der Waals surface area contributed by atoms with E-state index in [1.807, 2.05) is 0 Å². The van der Waals surface area contributed by atoms with Crippen molar-refractivity contribution in [3.05, 3.63) is 29.8 Å². The van der Waals surface area contributed by atoms with Crippen LogP contribution in [0.5, 0.6) is 5.75 Å². The van der Waals surface area contributed by atoms with Crippen molar-refractivity contribution in [3.8, 4) is 5.75 Å². The molecule has 1 heterocycles. The lowest BCUT2D eigenvalue weighted by molar-refractivity contribution is -0.131. The molecule has 1 aromatic rings. The number of para-hydroxylation sites is 1. The monoisotopic (exact) mass is 349 g/mol. The second-order valence-electron chi connectivity index (χ2n) is 4.75. The Labute approximate surface area is 138 Å². The van der Waals surface area contributed by atoms with Gasteiger partial charge >= 0.3 is 6.61 Å². The third-order valence-electron chi connectivity index (χ3n) is 3.43. The maximum Gasteiger partial charge on any atom is 0.387 e. The van der Waals surface area contributed by atoms with Crippen LogP contribution in [0.4, 0.5) is 8.78 Å². The number of nitrogens with zero attached hydrogens (tertiary/aromatic N) is 2. The molecule has 1 aliphatic rings. The first-order chi connectivity index (χ1) is 10.5. The Bertz CT molecular complexity index is 552. The number of carbonyl (C=O) groups excluding carboxylic acids is 2. The molecule has 0 unspecified atom stereocenters. The summed E-state index contributed by atoms with van der Waals surface area (Å²) in [6.07, 6.45) is 0. The summed E-state index contributed by atoms with van der Waals surface area (Å²) in [6.45, 7) is -1.66. The zero-order chi connectivity index (χ0) is 16.1. The Hall–Kier alpha value is -1.93. The number of hydrogen-bond acceptors (Lipinski definition) is 4. The van der Waals surface area contributed by atoms with Gasteiger partial charge < -0.3 is 20.3 Å². The average molecular weight is 350 g/mol. The molecule has 0 aliphatic carbocycles. The van der Waals surface area contributed by atoms with E-state index >= 15 is 0 Å². The van der Waals surface area contributed by atoms with Gasteiger partial charge in [-0.25, -0.2) is 0 Å². The molecule has 1 aromatic carbocycles. The van der Waals surface area contributed by atoms with Crippen LogP contribution in [0.15, 0.2) is 24.3 Å². The number of ether oxygens (including phenoxy) is 1. The second-order valence-corrected chi connectivity index (χ2v) is 4.75. The number of amides is 2. The molecule has 128 valence electrons. The van der Waals surface area contributed by atoms with E-state index in [1.165, 1.54) is 23.1 Å². The lowest BCUT2D eigenvalue weighted by atomic mass is 10.1. The van der Waals surface area contributed by atoms with Gasteiger partial charge in [-0.1, -0.05) is 12.1 Å². The molecule has 1 aliphatic heterocycles. The van der Waals surface area contributed by atoms with Gasteiger partial charge in [0.1, 0.15) is 5.75 Å². The van der Waals surface area contributed by atoms with E-state index in [1.54, 1.807) is 11.0 Å². The van der Waals surface area contributed by atoms with E-state index in [-0.39, 0.29) is 36.2 Å². The average Bonchev–Trinajstić information content (AvgIpc) is 2.53. The van der Waals surface area contributed by atoms with Crippen LogP contribution < -0.4 is 10.5 Å². The van der Waals surface area contributed by atoms with E-state index in [4.69, 9.17) is 5.73 Å². The minimum absolute atomic E-state index is 0. The van der Waals surface area contributed by atoms with Crippen LogP contribution in [0, 0.1) is 0 Å². The van der Waals surface area contributed by atoms with Crippen LogP contribution in [0.2, 0.25) is 0 Å². The lowest BCUT2D eigenvalue weighted by Gasteiger charge is -2.34. The van der Waals surface area contributed by atoms with Gasteiger partial charge in [-0.15, -0.1) is 12.4 Å². The quantitative estimate of drug-likeness (QED) is 0.878. The van der Waals surface area contributed by atoms with Crippen molar-refractivity contribution < 1.29 is 23.1 Å². The van der Waals surface area contributed by atoms with E-state index in [0.29, 0.717) is 26.2 Å². The van der Waals surface area contributed by atoms with Crippen molar-refractivity contribution in [2.45, 2.75) is 6.61 Å². The second kappa shape index (κ2) is 8.64. The molecule has 0 radical (unpaired) electrons. The molecular formula is C14H18ClF2N3O3. The first-order valence-electron chi connectivity index (χ1n) is 6.84. The van der Waals surface area contributed by atoms with Gasteiger partial charge in [0.2, 0.25) is 5.91 Å². The van der Waals surface area contributed by atoms with E-state index in [9.17, 15) is 18.4 Å². The van der Waals surface area contributed by atoms with Crippen molar-refractivity contribution in [3.63, 3.8) is 0 Å². The van der Waals surface area contributed by atoms with Gasteiger partial charge in [0.05, 0.1) is 12.1 Å². The Kier molecular flexibility index (Phi) is 7.18. The Morgan fingerprint density at radius 1 is 1.13 bits per heavy atom. The van der Waals surface area contributed by atoms with Gasteiger partial charge in [-0.2, -0.15) is 8.78 Å². The highest BCUT2D eigenvalue weighted by Gasteiger charge is 2.26. The highest BCUT2D eigenvalue weighted by atomic mass is 35.5. The van der Waals surface area contributed by atoms with Crippen molar-refractivity contribution in [2.75, 3.05) is 32.7 Å². The normalized spacial score (nSPS) is 14.4. The zero-order valence-corrected chi connectivity index (χ0v) is 13.1. The van der Waals surface area contributed by atoms with E-state index in [2.05, 4.69) is 4.74 Å². The number of nitrogens with two attached hydrogens (primary N) is 1. The predicted molar refractivity (Wildman–Crippen MR) is 81.9 cm³/mol. The maximum absolute atomic E-state index is 12.4. The molecule has 2 N–H and O–H groups in total. The first kappa shape index (κ1) is 19.1. The highest BCUT2D eigenvalue weighted by Crippen LogP contribution is 2.22. The van der Waals surface area contributed by atoms with Crippen molar-refractivity contribution in [2.24, 2.45) is 5.73 Å². The highest BCUT2D eigenvalue weighted by molar-refractivity contribution is 5.97. The molecular weight excluding hydrogens is 332 g/mol. The van der Waals surface area contributed by atoms with Crippen LogP contribution >= 0.6 is 12.4 Å². The molecule has 2 amide bonds. The Balaban J connectivity index is 0.00000264. The van der Waals surface area contributed by atoms with Crippen LogP contribution in [0.3, 0.4) is 0 Å². The molecule has 6 nitrogen and oxygen atoms in total. The summed E-state index contributed by atoms with van der Waals surface area (Å²) in [5, 5.41) is 0. The number of carbonyl (C=O) groups is 2. The van der Waals surface area contributed by atoms with Gasteiger partial charge in [-0.3, -0.25) is 9.59 Å². The molecule has 23 heavy (non-hydrogen) atoms. The van der Waals surface area contributed by atoms with Gasteiger partial charge in [0.15, 0.2) is 0 Å². The molecule has 1 saturated heterocycles. The molecule has 0 bridgehead atoms. The van der Waals surface area contributed by atoms with Crippen molar-refractivity contribution in [1.82, 2.24) is 9.80 Å². The lowest BCUT2D eigenvalue weighted by Crippen LogP contribution is -2.51. The van der Waals surface area contributed by atoms with Crippen LogP contribution in [-0.4, -0.2) is 60.9 Å². The van der Waals surface area contributed by atoms with Gasteiger partial charge in [-0.05, 0) is 12.1 Å². The molecule has 0 atom stereocenters. The molecule has 1 fully saturated rings. The zero-order valence-electron chi connectivity index (χ0n) is 12.3. The largest absolute Gasteiger partial charge is 0.434 e. The minimum Gasteiger partial charge on any atom is -0.434 e. The predicted octanol–water partition coefficient (Wildman–Crippen LogP) is 0.953. The number of halogens is 3. The fourth-order valence-corrected chi connectivity index (χ4v) is 2.30. The molecule has 0 aromatic heterocycles.